The smallest absolute Gasteiger partial charge is 0.359 e. The maximum absolute atomic E-state index is 12.5. The topological polar surface area (TPSA) is 100.0 Å². The monoisotopic (exact) mass is 397 g/mol. The lowest BCUT2D eigenvalue weighted by Gasteiger charge is -2.23. The van der Waals surface area contributed by atoms with Crippen molar-refractivity contribution < 1.29 is 28.6 Å². The normalized spacial score (nSPS) is 13.4. The maximum atomic E-state index is 12.5. The lowest BCUT2D eigenvalue weighted by molar-refractivity contribution is -0.139. The third-order valence-electron chi connectivity index (χ3n) is 4.38. The number of ether oxygens (including phenoxy) is 3. The van der Waals surface area contributed by atoms with Crippen molar-refractivity contribution >= 4 is 34.5 Å². The summed E-state index contributed by atoms with van der Waals surface area (Å²) in [5, 5.41) is 4.74. The third-order valence-corrected chi connectivity index (χ3v) is 4.38. The molecular weight excluding hydrogens is 378 g/mol. The summed E-state index contributed by atoms with van der Waals surface area (Å²) in [6.45, 7) is 0. The summed E-state index contributed by atoms with van der Waals surface area (Å²) < 4.78 is 16.1. The standard InChI is InChI=1S/C20H19N3O6/c1-22-15-9-8-12(11-14(15)16(21-22)19(25)28-3)23-10-6-5-7-13(18(24)27-2)17(23)20(26)29-4/h5-11H,1-4H3. The van der Waals surface area contributed by atoms with Gasteiger partial charge in [0.1, 0.15) is 5.70 Å². The van der Waals surface area contributed by atoms with Crippen molar-refractivity contribution in [1.29, 1.82) is 0 Å². The van der Waals surface area contributed by atoms with Gasteiger partial charge in [0.2, 0.25) is 0 Å². The van der Waals surface area contributed by atoms with E-state index >= 15 is 0 Å². The minimum atomic E-state index is -0.721. The Bertz CT molecular complexity index is 1090. The van der Waals surface area contributed by atoms with Gasteiger partial charge >= 0.3 is 17.9 Å². The first-order valence-electron chi connectivity index (χ1n) is 8.53. The van der Waals surface area contributed by atoms with Gasteiger partial charge in [0.05, 0.1) is 32.4 Å². The number of nitrogens with zero attached hydrogens (tertiary/aromatic N) is 3. The molecule has 0 unspecified atom stereocenters. The predicted molar refractivity (Wildman–Crippen MR) is 104 cm³/mol. The number of aromatic nitrogens is 2. The molecule has 9 heteroatoms. The molecule has 3 rings (SSSR count). The van der Waals surface area contributed by atoms with E-state index in [-0.39, 0.29) is 17.0 Å². The average Bonchev–Trinajstić information content (AvgIpc) is 2.92. The van der Waals surface area contributed by atoms with Crippen LogP contribution >= 0.6 is 0 Å². The van der Waals surface area contributed by atoms with Crippen molar-refractivity contribution in [3.8, 4) is 0 Å². The van der Waals surface area contributed by atoms with Crippen molar-refractivity contribution in [2.24, 2.45) is 7.05 Å². The summed E-state index contributed by atoms with van der Waals surface area (Å²) in [6, 6.07) is 5.17. The number of methoxy groups -OCH3 is 3. The van der Waals surface area contributed by atoms with Crippen molar-refractivity contribution in [3.63, 3.8) is 0 Å². The molecule has 2 heterocycles. The number of rotatable bonds is 4. The number of fused-ring (bicyclic) bond motifs is 1. The SMILES string of the molecule is COC(=O)C1=C(C(=O)OC)N(c2ccc3c(c2)c(C(=O)OC)nn3C)C=CC=C1. The minimum Gasteiger partial charge on any atom is -0.465 e. The van der Waals surface area contributed by atoms with Gasteiger partial charge in [0.15, 0.2) is 5.69 Å². The minimum absolute atomic E-state index is 0.0211. The number of carbonyl (C=O) groups is 3. The van der Waals surface area contributed by atoms with Gasteiger partial charge in [-0.05, 0) is 30.4 Å². The van der Waals surface area contributed by atoms with E-state index in [0.717, 1.165) is 0 Å². The fourth-order valence-electron chi connectivity index (χ4n) is 3.02. The summed E-state index contributed by atoms with van der Waals surface area (Å²) in [5.41, 5.74) is 1.36. The number of allylic oxidation sites excluding steroid dienone is 2. The van der Waals surface area contributed by atoms with E-state index in [1.54, 1.807) is 48.3 Å². The van der Waals surface area contributed by atoms with Crippen molar-refractivity contribution in [3.05, 3.63) is 59.6 Å². The molecule has 9 nitrogen and oxygen atoms in total. The summed E-state index contributed by atoms with van der Waals surface area (Å²) in [7, 11) is 5.43. The van der Waals surface area contributed by atoms with Gasteiger partial charge in [-0.3, -0.25) is 4.68 Å². The predicted octanol–water partition coefficient (Wildman–Crippen LogP) is 1.85. The van der Waals surface area contributed by atoms with Crippen LogP contribution in [0.3, 0.4) is 0 Å². The van der Waals surface area contributed by atoms with Crippen LogP contribution in [0, 0.1) is 0 Å². The Morgan fingerprint density at radius 3 is 2.28 bits per heavy atom. The Morgan fingerprint density at radius 1 is 0.931 bits per heavy atom. The van der Waals surface area contributed by atoms with E-state index in [4.69, 9.17) is 14.2 Å². The van der Waals surface area contributed by atoms with Gasteiger partial charge in [-0.1, -0.05) is 6.08 Å². The van der Waals surface area contributed by atoms with E-state index in [1.165, 1.54) is 32.3 Å². The van der Waals surface area contributed by atoms with Crippen molar-refractivity contribution in [1.82, 2.24) is 9.78 Å². The molecular formula is C20H19N3O6. The van der Waals surface area contributed by atoms with Crippen LogP contribution in [-0.4, -0.2) is 49.0 Å². The summed E-state index contributed by atoms with van der Waals surface area (Å²) in [5.74, 6) is -1.99. The zero-order chi connectivity index (χ0) is 21.1. The molecule has 2 aromatic rings. The van der Waals surface area contributed by atoms with Gasteiger partial charge < -0.3 is 19.1 Å². The zero-order valence-corrected chi connectivity index (χ0v) is 16.3. The van der Waals surface area contributed by atoms with Crippen molar-refractivity contribution in [2.45, 2.75) is 0 Å². The van der Waals surface area contributed by atoms with E-state index in [2.05, 4.69) is 5.10 Å². The highest BCUT2D eigenvalue weighted by Crippen LogP contribution is 2.30. The lowest BCUT2D eigenvalue weighted by Crippen LogP contribution is -2.26. The van der Waals surface area contributed by atoms with Gasteiger partial charge in [0, 0.05) is 24.3 Å². The largest absolute Gasteiger partial charge is 0.465 e. The molecule has 0 N–H and O–H groups in total. The van der Waals surface area contributed by atoms with Crippen LogP contribution in [0.25, 0.3) is 10.9 Å². The molecule has 0 bridgehead atoms. The second-order valence-electron chi connectivity index (χ2n) is 5.98. The molecule has 1 aliphatic rings. The molecule has 150 valence electrons. The number of hydrogen-bond acceptors (Lipinski definition) is 8. The quantitative estimate of drug-likeness (QED) is 0.569. The molecule has 0 saturated carbocycles. The Morgan fingerprint density at radius 2 is 1.62 bits per heavy atom. The van der Waals surface area contributed by atoms with Crippen LogP contribution in [0.4, 0.5) is 5.69 Å². The Balaban J connectivity index is 2.24. The lowest BCUT2D eigenvalue weighted by atomic mass is 10.1. The molecule has 0 fully saturated rings. The number of benzene rings is 1. The number of aryl methyl sites for hydroxylation is 1. The molecule has 0 spiro atoms. The van der Waals surface area contributed by atoms with Crippen LogP contribution in [-0.2, 0) is 30.8 Å². The molecule has 0 aliphatic carbocycles. The third kappa shape index (κ3) is 3.49. The first kappa shape index (κ1) is 19.9. The number of esters is 3. The number of carbonyl (C=O) groups excluding carboxylic acids is 3. The summed E-state index contributed by atoms with van der Waals surface area (Å²) >= 11 is 0. The molecule has 0 saturated heterocycles. The Kier molecular flexibility index (Phi) is 5.49. The molecule has 1 aliphatic heterocycles. The second kappa shape index (κ2) is 8.01. The molecule has 1 aromatic heterocycles. The Hall–Kier alpha value is -3.88. The zero-order valence-electron chi connectivity index (χ0n) is 16.3. The number of anilines is 1. The highest BCUT2D eigenvalue weighted by atomic mass is 16.5. The fraction of sp³-hybridized carbons (Fsp3) is 0.200. The van der Waals surface area contributed by atoms with Gasteiger partial charge in [-0.25, -0.2) is 14.4 Å². The van der Waals surface area contributed by atoms with Crippen LogP contribution in [0.5, 0.6) is 0 Å². The molecule has 1 aromatic carbocycles. The summed E-state index contributed by atoms with van der Waals surface area (Å²) in [6.07, 6.45) is 6.34. The van der Waals surface area contributed by atoms with Crippen molar-refractivity contribution in [2.75, 3.05) is 26.2 Å². The van der Waals surface area contributed by atoms with Crippen LogP contribution < -0.4 is 4.90 Å². The van der Waals surface area contributed by atoms with Gasteiger partial charge in [0.25, 0.3) is 0 Å². The maximum Gasteiger partial charge on any atom is 0.359 e. The van der Waals surface area contributed by atoms with Gasteiger partial charge in [-0.2, -0.15) is 5.10 Å². The molecule has 0 radical (unpaired) electrons. The molecule has 29 heavy (non-hydrogen) atoms. The number of hydrogen-bond donors (Lipinski definition) is 0. The van der Waals surface area contributed by atoms with E-state index in [1.807, 2.05) is 0 Å². The Labute approximate surface area is 166 Å². The van der Waals surface area contributed by atoms with Gasteiger partial charge in [-0.15, -0.1) is 0 Å². The highest BCUT2D eigenvalue weighted by molar-refractivity contribution is 6.07. The molecule has 0 amide bonds. The van der Waals surface area contributed by atoms with E-state index in [9.17, 15) is 14.4 Å². The van der Waals surface area contributed by atoms with E-state index in [0.29, 0.717) is 16.6 Å². The van der Waals surface area contributed by atoms with Crippen LogP contribution in [0.15, 0.2) is 53.9 Å². The fourth-order valence-corrected chi connectivity index (χ4v) is 3.02. The van der Waals surface area contributed by atoms with Crippen LogP contribution in [0.2, 0.25) is 0 Å². The first-order chi connectivity index (χ1) is 13.9. The molecule has 0 atom stereocenters. The second-order valence-corrected chi connectivity index (χ2v) is 5.98. The first-order valence-corrected chi connectivity index (χ1v) is 8.53. The highest BCUT2D eigenvalue weighted by Gasteiger charge is 2.28. The summed E-state index contributed by atoms with van der Waals surface area (Å²) in [4.78, 5) is 38.4. The average molecular weight is 397 g/mol. The van der Waals surface area contributed by atoms with Crippen LogP contribution in [0.1, 0.15) is 10.5 Å². The van der Waals surface area contributed by atoms with E-state index < -0.39 is 17.9 Å².